The summed E-state index contributed by atoms with van der Waals surface area (Å²) >= 11 is 0. The van der Waals surface area contributed by atoms with E-state index in [0.29, 0.717) is 5.75 Å². The zero-order valence-corrected chi connectivity index (χ0v) is 17.2. The van der Waals surface area contributed by atoms with Crippen LogP contribution in [0.1, 0.15) is 44.9 Å². The van der Waals surface area contributed by atoms with Crippen molar-refractivity contribution in [2.24, 2.45) is 0 Å². The fourth-order valence-corrected chi connectivity index (χ4v) is 2.87. The van der Waals surface area contributed by atoms with Gasteiger partial charge in [0.25, 0.3) is 0 Å². The number of aryl methyl sites for hydroxylation is 3. The SMILES string of the molecule is C.CCc1c[nH]c2ccccc12.CCc1ccc(O)cc1.CCc1ccccc1. The van der Waals surface area contributed by atoms with Crippen LogP contribution in [0.3, 0.4) is 0 Å². The molecule has 0 aliphatic heterocycles. The number of aromatic nitrogens is 1. The van der Waals surface area contributed by atoms with Gasteiger partial charge in [-0.25, -0.2) is 0 Å². The predicted molar refractivity (Wildman–Crippen MR) is 128 cm³/mol. The largest absolute Gasteiger partial charge is 0.508 e. The van der Waals surface area contributed by atoms with Gasteiger partial charge in [0.2, 0.25) is 0 Å². The molecule has 0 aliphatic rings. The third kappa shape index (κ3) is 7.87. The first kappa shape index (κ1) is 24.0. The molecular weight excluding hydrogens is 354 g/mol. The van der Waals surface area contributed by atoms with Crippen molar-refractivity contribution < 1.29 is 5.11 Å². The van der Waals surface area contributed by atoms with Crippen molar-refractivity contribution in [3.05, 3.63) is 102 Å². The molecule has 2 N–H and O–H groups in total. The first-order valence-corrected chi connectivity index (χ1v) is 10.0. The quantitative estimate of drug-likeness (QED) is 0.372. The molecule has 2 nitrogen and oxygen atoms in total. The zero-order valence-electron chi connectivity index (χ0n) is 17.2. The van der Waals surface area contributed by atoms with Gasteiger partial charge in [0.15, 0.2) is 0 Å². The number of hydrogen-bond acceptors (Lipinski definition) is 1. The van der Waals surface area contributed by atoms with Gasteiger partial charge in [-0.15, -0.1) is 0 Å². The van der Waals surface area contributed by atoms with Crippen molar-refractivity contribution in [1.82, 2.24) is 4.98 Å². The number of benzene rings is 3. The van der Waals surface area contributed by atoms with Crippen molar-refractivity contribution in [3.63, 3.8) is 0 Å². The lowest BCUT2D eigenvalue weighted by molar-refractivity contribution is 0.475. The molecule has 1 aromatic heterocycles. The van der Waals surface area contributed by atoms with E-state index < -0.39 is 0 Å². The monoisotopic (exact) mass is 389 g/mol. The van der Waals surface area contributed by atoms with Crippen molar-refractivity contribution in [1.29, 1.82) is 0 Å². The molecule has 0 aliphatic carbocycles. The first-order valence-electron chi connectivity index (χ1n) is 10.0. The Morgan fingerprint density at radius 3 is 1.76 bits per heavy atom. The molecule has 154 valence electrons. The predicted octanol–water partition coefficient (Wildman–Crippen LogP) is 7.57. The third-order valence-electron chi connectivity index (χ3n) is 4.65. The molecule has 0 saturated heterocycles. The highest BCUT2D eigenvalue weighted by molar-refractivity contribution is 5.82. The Balaban J connectivity index is 0.000000217. The molecule has 0 spiro atoms. The molecule has 4 rings (SSSR count). The smallest absolute Gasteiger partial charge is 0.115 e. The van der Waals surface area contributed by atoms with Crippen molar-refractivity contribution >= 4 is 10.9 Å². The average Bonchev–Trinajstić information content (AvgIpc) is 3.19. The van der Waals surface area contributed by atoms with Crippen LogP contribution >= 0.6 is 0 Å². The number of fused-ring (bicyclic) bond motifs is 1. The van der Waals surface area contributed by atoms with Crippen molar-refractivity contribution in [2.75, 3.05) is 0 Å². The Labute approximate surface area is 176 Å². The average molecular weight is 390 g/mol. The number of nitrogens with one attached hydrogen (secondary N) is 1. The number of phenols is 1. The molecule has 0 bridgehead atoms. The van der Waals surface area contributed by atoms with Crippen LogP contribution in [-0.2, 0) is 19.3 Å². The molecule has 29 heavy (non-hydrogen) atoms. The van der Waals surface area contributed by atoms with Gasteiger partial charge < -0.3 is 10.1 Å². The topological polar surface area (TPSA) is 36.0 Å². The van der Waals surface area contributed by atoms with Gasteiger partial charge in [-0.2, -0.15) is 0 Å². The van der Waals surface area contributed by atoms with E-state index >= 15 is 0 Å². The molecule has 0 amide bonds. The minimum atomic E-state index is 0. The number of aromatic amines is 1. The van der Waals surface area contributed by atoms with Crippen LogP contribution in [0.4, 0.5) is 0 Å². The minimum Gasteiger partial charge on any atom is -0.508 e. The lowest BCUT2D eigenvalue weighted by atomic mass is 10.1. The molecule has 4 aromatic rings. The Bertz CT molecular complexity index is 924. The summed E-state index contributed by atoms with van der Waals surface area (Å²) in [6, 6.07) is 26.1. The standard InChI is InChI=1S/C10H11N.C8H10O.C8H10.CH4/c1-2-8-7-11-10-6-4-3-5-9(8)10;1-2-7-3-5-8(9)6-4-7;1-2-8-6-4-3-5-7-8;/h3-7,11H,2H2,1H3;3-6,9H,2H2,1H3;3-7H,2H2,1H3;1H4. The van der Waals surface area contributed by atoms with Crippen molar-refractivity contribution in [2.45, 2.75) is 47.5 Å². The maximum Gasteiger partial charge on any atom is 0.115 e. The highest BCUT2D eigenvalue weighted by atomic mass is 16.3. The van der Waals surface area contributed by atoms with Gasteiger partial charge in [-0.3, -0.25) is 0 Å². The number of para-hydroxylation sites is 1. The fourth-order valence-electron chi connectivity index (χ4n) is 2.87. The van der Waals surface area contributed by atoms with E-state index in [4.69, 9.17) is 5.11 Å². The summed E-state index contributed by atoms with van der Waals surface area (Å²) in [4.78, 5) is 3.24. The maximum absolute atomic E-state index is 8.85. The Hall–Kier alpha value is -3.00. The first-order chi connectivity index (χ1) is 13.7. The van der Waals surface area contributed by atoms with E-state index in [1.165, 1.54) is 27.6 Å². The highest BCUT2D eigenvalue weighted by Crippen LogP contribution is 2.17. The van der Waals surface area contributed by atoms with Crippen LogP contribution in [0.15, 0.2) is 85.1 Å². The van der Waals surface area contributed by atoms with E-state index in [9.17, 15) is 0 Å². The van der Waals surface area contributed by atoms with Crippen LogP contribution in [-0.4, -0.2) is 10.1 Å². The summed E-state index contributed by atoms with van der Waals surface area (Å²) in [5.74, 6) is 0.340. The van der Waals surface area contributed by atoms with E-state index in [2.05, 4.69) is 80.5 Å². The molecule has 1 heterocycles. The maximum atomic E-state index is 8.85. The Morgan fingerprint density at radius 2 is 1.21 bits per heavy atom. The number of aromatic hydroxyl groups is 1. The molecule has 0 fully saturated rings. The highest BCUT2D eigenvalue weighted by Gasteiger charge is 1.98. The van der Waals surface area contributed by atoms with Gasteiger partial charge in [0.1, 0.15) is 5.75 Å². The van der Waals surface area contributed by atoms with Crippen LogP contribution in [0.5, 0.6) is 5.75 Å². The van der Waals surface area contributed by atoms with E-state index in [-0.39, 0.29) is 7.43 Å². The second-order valence-electron chi connectivity index (χ2n) is 6.57. The van der Waals surface area contributed by atoms with Gasteiger partial charge in [0, 0.05) is 17.1 Å². The minimum absolute atomic E-state index is 0. The van der Waals surface area contributed by atoms with E-state index in [1.807, 2.05) is 18.2 Å². The Kier molecular flexibility index (Phi) is 11.0. The summed E-state index contributed by atoms with van der Waals surface area (Å²) < 4.78 is 0. The lowest BCUT2D eigenvalue weighted by Crippen LogP contribution is -1.75. The van der Waals surface area contributed by atoms with Gasteiger partial charge in [-0.05, 0) is 54.2 Å². The molecular formula is C27H35NO. The van der Waals surface area contributed by atoms with E-state index in [0.717, 1.165) is 19.3 Å². The summed E-state index contributed by atoms with van der Waals surface area (Å²) in [7, 11) is 0. The van der Waals surface area contributed by atoms with Crippen LogP contribution < -0.4 is 0 Å². The van der Waals surface area contributed by atoms with Crippen LogP contribution in [0, 0.1) is 0 Å². The van der Waals surface area contributed by atoms with Gasteiger partial charge in [0.05, 0.1) is 0 Å². The normalized spacial score (nSPS) is 9.48. The molecule has 0 atom stereocenters. The number of hydrogen-bond donors (Lipinski definition) is 2. The summed E-state index contributed by atoms with van der Waals surface area (Å²) in [5, 5.41) is 10.2. The summed E-state index contributed by atoms with van der Waals surface area (Å²) in [6.07, 6.45) is 5.36. The van der Waals surface area contributed by atoms with Gasteiger partial charge >= 0.3 is 0 Å². The molecule has 0 radical (unpaired) electrons. The number of phenolic OH excluding ortho intramolecular Hbond substituents is 1. The fraction of sp³-hybridized carbons (Fsp3) is 0.259. The van der Waals surface area contributed by atoms with Crippen LogP contribution in [0.25, 0.3) is 10.9 Å². The molecule has 3 aromatic carbocycles. The Morgan fingerprint density at radius 1 is 0.655 bits per heavy atom. The number of rotatable bonds is 3. The van der Waals surface area contributed by atoms with E-state index in [1.54, 1.807) is 12.1 Å². The lowest BCUT2D eigenvalue weighted by Gasteiger charge is -1.93. The third-order valence-corrected chi connectivity index (χ3v) is 4.65. The second-order valence-corrected chi connectivity index (χ2v) is 6.57. The zero-order chi connectivity index (χ0) is 20.2. The van der Waals surface area contributed by atoms with Crippen LogP contribution in [0.2, 0.25) is 0 Å². The molecule has 0 unspecified atom stereocenters. The molecule has 2 heteroatoms. The second kappa shape index (κ2) is 13.2. The van der Waals surface area contributed by atoms with Gasteiger partial charge in [-0.1, -0.05) is 88.9 Å². The summed E-state index contributed by atoms with van der Waals surface area (Å²) in [5.41, 5.74) is 5.31. The summed E-state index contributed by atoms with van der Waals surface area (Å²) in [6.45, 7) is 6.43. The molecule has 0 saturated carbocycles. The van der Waals surface area contributed by atoms with Crippen molar-refractivity contribution in [3.8, 4) is 5.75 Å². The number of H-pyrrole nitrogens is 1.